The number of nitrogens with one attached hydrogen (secondary N) is 1. The number of carbonyl (C=O) groups excluding carboxylic acids is 1. The molecule has 0 spiro atoms. The average Bonchev–Trinajstić information content (AvgIpc) is 2.52. The van der Waals surface area contributed by atoms with Crippen molar-refractivity contribution in [3.8, 4) is 0 Å². The van der Waals surface area contributed by atoms with Crippen molar-refractivity contribution in [2.45, 2.75) is 13.0 Å². The second kappa shape index (κ2) is 7.32. The summed E-state index contributed by atoms with van der Waals surface area (Å²) in [5.74, 6) is -5.45. The second-order valence-corrected chi connectivity index (χ2v) is 5.15. The van der Waals surface area contributed by atoms with Gasteiger partial charge in [0.15, 0.2) is 17.5 Å². The summed E-state index contributed by atoms with van der Waals surface area (Å²) < 4.78 is 40.7. The summed E-state index contributed by atoms with van der Waals surface area (Å²) in [5.41, 5.74) is -0.823. The number of aryl methyl sites for hydroxylation is 1. The Balaban J connectivity index is 1.92. The minimum atomic E-state index is -1.69. The lowest BCUT2D eigenvalue weighted by atomic mass is 10.2. The van der Waals surface area contributed by atoms with Gasteiger partial charge in [0.05, 0.1) is 10.6 Å². The van der Waals surface area contributed by atoms with Crippen molar-refractivity contribution >= 4 is 17.5 Å². The third kappa shape index (κ3) is 4.13. The highest BCUT2D eigenvalue weighted by Gasteiger charge is 2.18. The van der Waals surface area contributed by atoms with Gasteiger partial charge in [-0.1, -0.05) is 11.6 Å². The highest BCUT2D eigenvalue weighted by atomic mass is 35.5. The maximum Gasteiger partial charge on any atom is 0.254 e. The third-order valence-electron chi connectivity index (χ3n) is 3.09. The van der Waals surface area contributed by atoms with E-state index in [4.69, 9.17) is 11.6 Å². The highest BCUT2D eigenvalue weighted by Crippen LogP contribution is 2.15. The van der Waals surface area contributed by atoms with Gasteiger partial charge in [0.25, 0.3) is 11.5 Å². The number of aromatic nitrogens is 1. The standard InChI is InChI=1S/C15H12ClF3N2O2/c16-9-2-5-12(22)21(8-9)7-1-6-20-15(23)10-3-4-11(17)14(19)13(10)18/h2-5,8H,1,6-7H2,(H,20,23). The molecule has 1 amide bonds. The molecule has 0 saturated carbocycles. The zero-order chi connectivity index (χ0) is 17.0. The number of benzene rings is 1. The van der Waals surface area contributed by atoms with Gasteiger partial charge < -0.3 is 9.88 Å². The molecule has 23 heavy (non-hydrogen) atoms. The molecule has 0 unspecified atom stereocenters. The van der Waals surface area contributed by atoms with Gasteiger partial charge in [-0.15, -0.1) is 0 Å². The SMILES string of the molecule is O=C(NCCCn1cc(Cl)ccc1=O)c1ccc(F)c(F)c1F. The summed E-state index contributed by atoms with van der Waals surface area (Å²) in [6, 6.07) is 4.33. The molecule has 1 aromatic carbocycles. The molecule has 0 aliphatic rings. The minimum absolute atomic E-state index is 0.121. The molecule has 0 radical (unpaired) electrons. The van der Waals surface area contributed by atoms with Gasteiger partial charge in [-0.2, -0.15) is 0 Å². The van der Waals surface area contributed by atoms with Crippen LogP contribution in [0.2, 0.25) is 5.02 Å². The molecule has 0 saturated heterocycles. The lowest BCUT2D eigenvalue weighted by molar-refractivity contribution is 0.0947. The predicted octanol–water partition coefficient (Wildman–Crippen LogP) is 2.74. The molecular weight excluding hydrogens is 333 g/mol. The van der Waals surface area contributed by atoms with E-state index in [1.165, 1.54) is 22.9 Å². The number of carbonyl (C=O) groups is 1. The van der Waals surface area contributed by atoms with E-state index in [9.17, 15) is 22.8 Å². The molecule has 1 N–H and O–H groups in total. The van der Waals surface area contributed by atoms with Gasteiger partial charge in [0.2, 0.25) is 0 Å². The molecule has 0 aliphatic heterocycles. The van der Waals surface area contributed by atoms with Crippen LogP contribution in [0.3, 0.4) is 0 Å². The van der Waals surface area contributed by atoms with E-state index in [0.29, 0.717) is 24.1 Å². The maximum absolute atomic E-state index is 13.4. The fourth-order valence-electron chi connectivity index (χ4n) is 1.92. The Hall–Kier alpha value is -2.28. The van der Waals surface area contributed by atoms with Gasteiger partial charge in [-0.3, -0.25) is 9.59 Å². The number of pyridine rings is 1. The molecule has 2 aromatic rings. The van der Waals surface area contributed by atoms with Crippen LogP contribution in [0.1, 0.15) is 16.8 Å². The lowest BCUT2D eigenvalue weighted by Crippen LogP contribution is -2.28. The number of halogens is 4. The van der Waals surface area contributed by atoms with E-state index < -0.39 is 28.9 Å². The van der Waals surface area contributed by atoms with Gasteiger partial charge in [-0.25, -0.2) is 13.2 Å². The first-order valence-corrected chi connectivity index (χ1v) is 7.05. The van der Waals surface area contributed by atoms with Crippen LogP contribution in [0.15, 0.2) is 35.3 Å². The first-order valence-electron chi connectivity index (χ1n) is 6.68. The summed E-state index contributed by atoms with van der Waals surface area (Å²) in [7, 11) is 0. The van der Waals surface area contributed by atoms with Crippen molar-refractivity contribution in [3.05, 3.63) is 68.9 Å². The average molecular weight is 345 g/mol. The molecule has 8 heteroatoms. The molecule has 1 heterocycles. The van der Waals surface area contributed by atoms with E-state index in [0.717, 1.165) is 6.07 Å². The first-order chi connectivity index (χ1) is 10.9. The Labute approximate surface area is 134 Å². The van der Waals surface area contributed by atoms with Crippen molar-refractivity contribution < 1.29 is 18.0 Å². The van der Waals surface area contributed by atoms with Gasteiger partial charge in [0, 0.05) is 25.4 Å². The Morgan fingerprint density at radius 2 is 1.87 bits per heavy atom. The van der Waals surface area contributed by atoms with Crippen molar-refractivity contribution in [2.24, 2.45) is 0 Å². The molecule has 4 nitrogen and oxygen atoms in total. The summed E-state index contributed by atoms with van der Waals surface area (Å²) in [5, 5.41) is 2.77. The largest absolute Gasteiger partial charge is 0.352 e. The minimum Gasteiger partial charge on any atom is -0.352 e. The number of rotatable bonds is 5. The molecule has 0 fully saturated rings. The van der Waals surface area contributed by atoms with Crippen LogP contribution in [0.4, 0.5) is 13.2 Å². The van der Waals surface area contributed by atoms with Gasteiger partial charge in [-0.05, 0) is 24.6 Å². The van der Waals surface area contributed by atoms with Gasteiger partial charge >= 0.3 is 0 Å². The van der Waals surface area contributed by atoms with E-state index in [1.807, 2.05) is 0 Å². The summed E-state index contributed by atoms with van der Waals surface area (Å²) in [6.07, 6.45) is 1.83. The van der Waals surface area contributed by atoms with Crippen LogP contribution in [0.5, 0.6) is 0 Å². The Morgan fingerprint density at radius 3 is 2.61 bits per heavy atom. The smallest absolute Gasteiger partial charge is 0.254 e. The maximum atomic E-state index is 13.4. The fourth-order valence-corrected chi connectivity index (χ4v) is 2.11. The summed E-state index contributed by atoms with van der Waals surface area (Å²) >= 11 is 5.77. The molecule has 0 aliphatic carbocycles. The zero-order valence-corrected chi connectivity index (χ0v) is 12.5. The topological polar surface area (TPSA) is 51.1 Å². The van der Waals surface area contributed by atoms with Crippen LogP contribution in [-0.2, 0) is 6.54 Å². The van der Waals surface area contributed by atoms with E-state index >= 15 is 0 Å². The number of hydrogen-bond acceptors (Lipinski definition) is 2. The monoisotopic (exact) mass is 344 g/mol. The summed E-state index contributed by atoms with van der Waals surface area (Å²) in [6.45, 7) is 0.413. The second-order valence-electron chi connectivity index (χ2n) is 4.71. The molecule has 1 aromatic heterocycles. The fraction of sp³-hybridized carbons (Fsp3) is 0.200. The Bertz CT molecular complexity index is 793. The normalized spacial score (nSPS) is 10.6. The van der Waals surface area contributed by atoms with Crippen LogP contribution < -0.4 is 10.9 Å². The van der Waals surface area contributed by atoms with Crippen molar-refractivity contribution in [3.63, 3.8) is 0 Å². The van der Waals surface area contributed by atoms with Crippen LogP contribution >= 0.6 is 11.6 Å². The highest BCUT2D eigenvalue weighted by molar-refractivity contribution is 6.30. The summed E-state index contributed by atoms with van der Waals surface area (Å²) in [4.78, 5) is 23.3. The Kier molecular flexibility index (Phi) is 5.44. The number of nitrogens with zero attached hydrogens (tertiary/aromatic N) is 1. The van der Waals surface area contributed by atoms with Crippen LogP contribution in [-0.4, -0.2) is 17.0 Å². The first kappa shape index (κ1) is 17.1. The van der Waals surface area contributed by atoms with Crippen molar-refractivity contribution in [2.75, 3.05) is 6.54 Å². The van der Waals surface area contributed by atoms with Crippen molar-refractivity contribution in [1.29, 1.82) is 0 Å². The molecular formula is C15H12ClF3N2O2. The quantitative estimate of drug-likeness (QED) is 0.670. The van der Waals surface area contributed by atoms with Crippen LogP contribution in [0.25, 0.3) is 0 Å². The molecule has 2 rings (SSSR count). The number of amides is 1. The van der Waals surface area contributed by atoms with Gasteiger partial charge in [0.1, 0.15) is 0 Å². The van der Waals surface area contributed by atoms with Crippen LogP contribution in [0, 0.1) is 17.5 Å². The number of hydrogen-bond donors (Lipinski definition) is 1. The van der Waals surface area contributed by atoms with Crippen molar-refractivity contribution in [1.82, 2.24) is 9.88 Å². The molecule has 122 valence electrons. The lowest BCUT2D eigenvalue weighted by Gasteiger charge is -2.08. The zero-order valence-electron chi connectivity index (χ0n) is 11.8. The van der Waals surface area contributed by atoms with E-state index in [-0.39, 0.29) is 12.1 Å². The molecule has 0 bridgehead atoms. The predicted molar refractivity (Wildman–Crippen MR) is 79.0 cm³/mol. The Morgan fingerprint density at radius 1 is 1.13 bits per heavy atom. The van der Waals surface area contributed by atoms with E-state index in [2.05, 4.69) is 5.32 Å². The third-order valence-corrected chi connectivity index (χ3v) is 3.31. The molecule has 0 atom stereocenters. The van der Waals surface area contributed by atoms with E-state index in [1.54, 1.807) is 0 Å².